The Labute approximate surface area is 662 Å². The Morgan fingerprint density at radius 2 is 1.55 bits per heavy atom. The maximum atomic E-state index is 14.3. The summed E-state index contributed by atoms with van der Waals surface area (Å²) in [6.45, 7) is 16.0. The van der Waals surface area contributed by atoms with E-state index in [4.69, 9.17) is 30.0 Å². The van der Waals surface area contributed by atoms with Gasteiger partial charge in [-0.05, 0) is 149 Å². The number of aromatic nitrogens is 3. The lowest BCUT2D eigenvalue weighted by atomic mass is 9.67. The zero-order valence-corrected chi connectivity index (χ0v) is 65.5. The topological polar surface area (TPSA) is 379 Å². The molecule has 3 aromatic carbocycles. The predicted molar refractivity (Wildman–Crippen MR) is 426 cm³/mol. The third kappa shape index (κ3) is 21.0. The molecular weight excluding hydrogens is 1460 g/mol. The highest BCUT2D eigenvalue weighted by molar-refractivity contribution is 7.13. The zero-order valence-electron chi connectivity index (χ0n) is 64.7. The molecule has 1 saturated carbocycles. The van der Waals surface area contributed by atoms with Gasteiger partial charge in [0.05, 0.1) is 27.5 Å². The minimum Gasteiger partial charge on any atom is -0.488 e. The number of para-hydroxylation sites is 1. The number of nitrogens with two attached hydrogens (primary N) is 1. The van der Waals surface area contributed by atoms with Gasteiger partial charge in [-0.3, -0.25) is 48.3 Å². The number of nitrogens with zero attached hydrogens (tertiary/aromatic N) is 9. The van der Waals surface area contributed by atoms with E-state index in [0.717, 1.165) is 84.1 Å². The van der Waals surface area contributed by atoms with Crippen molar-refractivity contribution in [2.24, 2.45) is 22.2 Å². The van der Waals surface area contributed by atoms with Crippen LogP contribution in [0.4, 0.5) is 16.2 Å². The summed E-state index contributed by atoms with van der Waals surface area (Å²) in [5.41, 5.74) is 21.2. The molecular formula is C82H104N18O12S. The summed E-state index contributed by atoms with van der Waals surface area (Å²) in [5, 5.41) is 29.6. The van der Waals surface area contributed by atoms with E-state index in [2.05, 4.69) is 79.1 Å². The number of primary amides is 1. The van der Waals surface area contributed by atoms with Crippen LogP contribution < -0.4 is 62.1 Å². The molecule has 1 aliphatic carbocycles. The molecule has 31 heteroatoms. The van der Waals surface area contributed by atoms with Crippen molar-refractivity contribution < 1.29 is 57.1 Å². The van der Waals surface area contributed by atoms with Crippen molar-refractivity contribution in [3.8, 4) is 28.0 Å². The molecule has 113 heavy (non-hydrogen) atoms. The molecule has 4 fully saturated rings. The van der Waals surface area contributed by atoms with Gasteiger partial charge in [-0.2, -0.15) is 5.11 Å². The van der Waals surface area contributed by atoms with Crippen molar-refractivity contribution in [1.82, 2.24) is 66.6 Å². The van der Waals surface area contributed by atoms with Crippen LogP contribution >= 0.6 is 11.3 Å². The van der Waals surface area contributed by atoms with Crippen LogP contribution in [-0.4, -0.2) is 198 Å². The number of imide groups is 1. The normalized spacial score (nSPS) is 20.0. The van der Waals surface area contributed by atoms with Gasteiger partial charge in [0, 0.05) is 150 Å². The van der Waals surface area contributed by atoms with Crippen LogP contribution in [0.25, 0.3) is 16.1 Å². The number of nitrogens with one attached hydrogen (secondary N) is 8. The van der Waals surface area contributed by atoms with E-state index in [-0.39, 0.29) is 73.8 Å². The van der Waals surface area contributed by atoms with Crippen molar-refractivity contribution in [2.75, 3.05) is 95.4 Å². The van der Waals surface area contributed by atoms with Gasteiger partial charge in [-0.25, -0.2) is 20.3 Å². The van der Waals surface area contributed by atoms with Gasteiger partial charge in [0.2, 0.25) is 35.4 Å². The fourth-order valence-corrected chi connectivity index (χ4v) is 16.4. The number of anilines is 2. The monoisotopic (exact) mass is 1560 g/mol. The lowest BCUT2D eigenvalue weighted by molar-refractivity contribution is -0.151. The van der Waals surface area contributed by atoms with Gasteiger partial charge in [-0.1, -0.05) is 68.8 Å². The number of rotatable bonds is 37. The number of ether oxygens (including phenoxy) is 3. The minimum atomic E-state index is -1.35. The SMILES string of the molecule is Cc1ncsc1-c1ccc(CNC(=O)[C@@H]2CCCN2C(=O)C(c2cc(OCCN3CCN(CCOc4cc(N5C6CCC5CNC(/C=C(\N=N)c5ccccc5OCc5ccc(NC(=O)[C@H](CCCNC(N)=O)NC(=O)C7(C(=O)NCCCCCN8C(=O)C=CC8=O)CCC7)cc5)=C\NC6)ccn4)[C@H](C)C3)no2)C(C)C)cc1. The fraction of sp³-hybridized carbons (Fsp3) is 0.476. The number of unbranched alkanes of at least 4 members (excludes halogenated alkanes) is 2. The van der Waals surface area contributed by atoms with Gasteiger partial charge >= 0.3 is 6.03 Å². The molecule has 5 aliphatic heterocycles. The predicted octanol–water partition coefficient (Wildman–Crippen LogP) is 8.29. The Balaban J connectivity index is 0.566. The number of piperazine rings is 1. The molecule has 10 N–H and O–H groups in total. The van der Waals surface area contributed by atoms with Crippen molar-refractivity contribution >= 4 is 75.8 Å². The van der Waals surface area contributed by atoms with E-state index in [0.29, 0.717) is 144 Å². The number of fused-ring (bicyclic) bond motifs is 2. The first-order chi connectivity index (χ1) is 54.8. The number of allylic oxidation sites excluding steroid dienone is 1. The highest BCUT2D eigenvalue weighted by Gasteiger charge is 2.51. The quantitative estimate of drug-likeness (QED) is 0.00766. The molecule has 0 radical (unpaired) electrons. The lowest BCUT2D eigenvalue weighted by Crippen LogP contribution is -2.58. The Bertz CT molecular complexity index is 4410. The molecule has 9 amide bonds. The molecule has 30 nitrogen and oxygen atoms in total. The van der Waals surface area contributed by atoms with E-state index in [1.54, 1.807) is 34.4 Å². The minimum absolute atomic E-state index is 0.116. The third-order valence-electron chi connectivity index (χ3n) is 22.0. The molecule has 3 aromatic heterocycles. The second kappa shape index (κ2) is 38.9. The molecule has 3 unspecified atom stereocenters. The number of urea groups is 1. The van der Waals surface area contributed by atoms with Gasteiger partial charge < -0.3 is 71.5 Å². The number of amides is 9. The van der Waals surface area contributed by atoms with E-state index in [1.807, 2.05) is 118 Å². The highest BCUT2D eigenvalue weighted by Crippen LogP contribution is 2.42. The van der Waals surface area contributed by atoms with Gasteiger partial charge in [0.25, 0.3) is 17.7 Å². The van der Waals surface area contributed by atoms with Crippen LogP contribution in [0.5, 0.6) is 17.5 Å². The van der Waals surface area contributed by atoms with E-state index >= 15 is 0 Å². The molecule has 600 valence electrons. The van der Waals surface area contributed by atoms with Crippen LogP contribution in [0.1, 0.15) is 132 Å². The van der Waals surface area contributed by atoms with Crippen molar-refractivity contribution in [1.29, 1.82) is 5.53 Å². The maximum Gasteiger partial charge on any atom is 0.312 e. The Morgan fingerprint density at radius 1 is 0.796 bits per heavy atom. The molecule has 0 spiro atoms. The van der Waals surface area contributed by atoms with E-state index in [9.17, 15) is 38.4 Å². The fourth-order valence-electron chi connectivity index (χ4n) is 15.6. The number of aryl methyl sites for hydroxylation is 1. The number of benzene rings is 3. The molecule has 6 aromatic rings. The number of likely N-dealkylation sites (tertiary alicyclic amines) is 1. The summed E-state index contributed by atoms with van der Waals surface area (Å²) in [6, 6.07) is 26.6. The summed E-state index contributed by atoms with van der Waals surface area (Å²) in [5.74, 6) is -1.42. The summed E-state index contributed by atoms with van der Waals surface area (Å²) in [4.78, 5) is 125. The van der Waals surface area contributed by atoms with Crippen molar-refractivity contribution in [3.05, 3.63) is 161 Å². The summed E-state index contributed by atoms with van der Waals surface area (Å²) in [7, 11) is 0. The second-order valence-corrected chi connectivity index (χ2v) is 30.9. The first-order valence-electron chi connectivity index (χ1n) is 39.4. The van der Waals surface area contributed by atoms with Gasteiger partial charge in [0.15, 0.2) is 5.76 Å². The molecule has 6 aliphatic rings. The van der Waals surface area contributed by atoms with Crippen LogP contribution in [-0.2, 0) is 46.7 Å². The molecule has 8 heterocycles. The van der Waals surface area contributed by atoms with Crippen LogP contribution in [0.15, 0.2) is 142 Å². The van der Waals surface area contributed by atoms with Crippen LogP contribution in [0, 0.1) is 23.8 Å². The number of carbonyl (C=O) groups is 8. The Hall–Kier alpha value is -11.1. The molecule has 3 saturated heterocycles. The van der Waals surface area contributed by atoms with E-state index < -0.39 is 47.2 Å². The summed E-state index contributed by atoms with van der Waals surface area (Å²) >= 11 is 1.60. The second-order valence-electron chi connectivity index (χ2n) is 30.1. The summed E-state index contributed by atoms with van der Waals surface area (Å²) in [6.07, 6.45) is 14.9. The highest BCUT2D eigenvalue weighted by atomic mass is 32.1. The van der Waals surface area contributed by atoms with Crippen LogP contribution in [0.3, 0.4) is 0 Å². The van der Waals surface area contributed by atoms with Crippen molar-refractivity contribution in [3.63, 3.8) is 0 Å². The number of pyridine rings is 1. The first-order valence-corrected chi connectivity index (χ1v) is 40.2. The van der Waals surface area contributed by atoms with Gasteiger partial charge in [-0.15, -0.1) is 11.3 Å². The average Bonchev–Trinajstić information content (AvgIpc) is 1.61. The Morgan fingerprint density at radius 3 is 2.28 bits per heavy atom. The van der Waals surface area contributed by atoms with Crippen LogP contribution in [0.2, 0.25) is 0 Å². The number of carbonyl (C=O) groups excluding carboxylic acids is 8. The largest absolute Gasteiger partial charge is 0.488 e. The Kier molecular flexibility index (Phi) is 28.1. The zero-order chi connectivity index (χ0) is 79.4. The number of hydrogen-bond donors (Lipinski definition) is 9. The van der Waals surface area contributed by atoms with Gasteiger partial charge in [0.1, 0.15) is 49.0 Å². The standard InChI is InChI=1S/C82H104N18O12S/c1-53(2)74(78(105)98-36-11-15-67(98)77(104)90-46-56-17-21-58(22-18-56)75-55(4)91-52-113-75)69-45-71(95-112-69)110-41-39-96-37-38-97(54(3)50-96)40-42-109-70-44-61(29-34-86-70)100-62-25-26-63(100)49-89-60(47-85-48-62)43-66(94-84)64-13-6-7-16-68(64)111-51-57-19-23-59(24-20-57)92-76(103)65(14-10-33-88-81(83)108)93-80(107)82(30-12-31-82)79(106)87-32-8-5-9-35-99-72(101)27-28-73(99)102/h6-7,13,16-24,27-29,34,43-45,47,52-54,62-63,65,67,74,84-85,89H,5,8-12,14-15,25-26,30-33,35-42,46,48-51H2,1-4H3,(H,87,106)(H,90,104)(H,92,103)(H,93,107)(H3,83,88,108)/b60-47-,66-43-,94-84?/t54-,62?,63?,65+,67+,74?/m1/s1. The third-order valence-corrected chi connectivity index (χ3v) is 23.0. The lowest BCUT2D eigenvalue weighted by Gasteiger charge is -2.39. The smallest absolute Gasteiger partial charge is 0.312 e. The van der Waals surface area contributed by atoms with Crippen molar-refractivity contribution in [2.45, 2.75) is 154 Å². The molecule has 6 atom stereocenters. The first kappa shape index (κ1) is 81.4. The molecule has 2 bridgehead atoms. The average molecular weight is 1570 g/mol. The maximum absolute atomic E-state index is 14.3. The van der Waals surface area contributed by atoms with E-state index in [1.165, 1.54) is 17.1 Å². The summed E-state index contributed by atoms with van der Waals surface area (Å²) < 4.78 is 24.7. The number of hydrogen-bond acceptors (Lipinski definition) is 23. The molecule has 12 rings (SSSR count). The number of thiazole rings is 1.